The molecule has 10 heteroatoms. The molecule has 0 saturated carbocycles. The summed E-state index contributed by atoms with van der Waals surface area (Å²) in [5.41, 5.74) is 0.740. The van der Waals surface area contributed by atoms with Crippen molar-refractivity contribution in [3.63, 3.8) is 0 Å². The van der Waals surface area contributed by atoms with E-state index in [2.05, 4.69) is 10.3 Å². The summed E-state index contributed by atoms with van der Waals surface area (Å²) >= 11 is 1.84. The maximum atomic E-state index is 12.9. The molecule has 1 aliphatic heterocycles. The molecule has 1 saturated heterocycles. The Labute approximate surface area is 201 Å². The highest BCUT2D eigenvalue weighted by atomic mass is 32.2. The van der Waals surface area contributed by atoms with Gasteiger partial charge in [-0.3, -0.25) is 14.9 Å². The van der Waals surface area contributed by atoms with Crippen LogP contribution >= 0.6 is 11.8 Å². The van der Waals surface area contributed by atoms with Crippen molar-refractivity contribution in [3.8, 4) is 0 Å². The average molecular weight is 485 g/mol. The Morgan fingerprint density at radius 1 is 1.18 bits per heavy atom. The van der Waals surface area contributed by atoms with Gasteiger partial charge in [0.15, 0.2) is 17.4 Å². The highest BCUT2D eigenvalue weighted by molar-refractivity contribution is 7.99. The minimum atomic E-state index is -0.638. The minimum absolute atomic E-state index is 0.104. The fourth-order valence-corrected chi connectivity index (χ4v) is 4.59. The second kappa shape index (κ2) is 9.54. The van der Waals surface area contributed by atoms with Gasteiger partial charge in [-0.15, -0.1) is 0 Å². The SMILES string of the molecule is Cn1cc(NC(=O)OC(C)(C)C)nc1C(=O)Cc1ccc2oc(C(=O)N3CCSCC3)cc2c1. The van der Waals surface area contributed by atoms with Gasteiger partial charge in [-0.2, -0.15) is 11.8 Å². The van der Waals surface area contributed by atoms with E-state index in [1.165, 1.54) is 0 Å². The Hall–Kier alpha value is -3.27. The number of benzene rings is 1. The topological polar surface area (TPSA) is 107 Å². The van der Waals surface area contributed by atoms with E-state index in [0.29, 0.717) is 24.4 Å². The van der Waals surface area contributed by atoms with Gasteiger partial charge >= 0.3 is 6.09 Å². The van der Waals surface area contributed by atoms with Crippen molar-refractivity contribution in [2.45, 2.75) is 32.8 Å². The molecule has 2 amide bonds. The molecule has 2 aromatic heterocycles. The number of Topliss-reactive ketones (excluding diaryl/α,β-unsaturated/α-hetero) is 1. The van der Waals surface area contributed by atoms with Crippen LogP contribution in [0.25, 0.3) is 11.0 Å². The number of carbonyl (C=O) groups is 3. The molecule has 34 heavy (non-hydrogen) atoms. The van der Waals surface area contributed by atoms with Crippen LogP contribution in [0.3, 0.4) is 0 Å². The van der Waals surface area contributed by atoms with E-state index in [1.807, 2.05) is 22.7 Å². The summed E-state index contributed by atoms with van der Waals surface area (Å²) in [4.78, 5) is 43.7. The number of aryl methyl sites for hydroxylation is 1. The van der Waals surface area contributed by atoms with Gasteiger partial charge in [0.05, 0.1) is 0 Å². The van der Waals surface area contributed by atoms with Gasteiger partial charge in [-0.1, -0.05) is 6.07 Å². The highest BCUT2D eigenvalue weighted by Crippen LogP contribution is 2.24. The molecule has 1 aromatic carbocycles. The molecule has 3 aromatic rings. The number of hydrogen-bond acceptors (Lipinski definition) is 7. The van der Waals surface area contributed by atoms with Gasteiger partial charge in [-0.05, 0) is 44.5 Å². The van der Waals surface area contributed by atoms with Gasteiger partial charge in [0.25, 0.3) is 5.91 Å². The number of hydrogen-bond donors (Lipinski definition) is 1. The first-order valence-electron chi connectivity index (χ1n) is 11.0. The lowest BCUT2D eigenvalue weighted by atomic mass is 10.1. The fourth-order valence-electron chi connectivity index (χ4n) is 3.69. The number of ether oxygens (including phenoxy) is 1. The van der Waals surface area contributed by atoms with E-state index in [4.69, 9.17) is 9.15 Å². The van der Waals surface area contributed by atoms with Gasteiger partial charge in [0.1, 0.15) is 11.2 Å². The van der Waals surface area contributed by atoms with Crippen LogP contribution in [0.15, 0.2) is 34.9 Å². The number of aromatic nitrogens is 2. The Balaban J connectivity index is 1.45. The summed E-state index contributed by atoms with van der Waals surface area (Å²) in [7, 11) is 1.69. The molecule has 0 bridgehead atoms. The number of imidazole rings is 1. The molecule has 1 fully saturated rings. The molecule has 3 heterocycles. The number of furan rings is 1. The number of fused-ring (bicyclic) bond motifs is 1. The number of nitrogens with one attached hydrogen (secondary N) is 1. The van der Waals surface area contributed by atoms with E-state index < -0.39 is 11.7 Å². The van der Waals surface area contributed by atoms with Crippen molar-refractivity contribution in [2.75, 3.05) is 29.9 Å². The lowest BCUT2D eigenvalue weighted by Gasteiger charge is -2.25. The highest BCUT2D eigenvalue weighted by Gasteiger charge is 2.23. The first-order chi connectivity index (χ1) is 16.1. The summed E-state index contributed by atoms with van der Waals surface area (Å²) < 4.78 is 12.6. The normalized spacial score (nSPS) is 14.3. The van der Waals surface area contributed by atoms with Crippen LogP contribution in [0.1, 0.15) is 47.5 Å². The Morgan fingerprint density at radius 3 is 2.62 bits per heavy atom. The first kappa shape index (κ1) is 23.9. The Morgan fingerprint density at radius 2 is 1.91 bits per heavy atom. The van der Waals surface area contributed by atoms with Crippen LogP contribution in [-0.2, 0) is 18.2 Å². The second-order valence-corrected chi connectivity index (χ2v) is 10.4. The zero-order chi connectivity index (χ0) is 24.5. The average Bonchev–Trinajstić information content (AvgIpc) is 3.35. The van der Waals surface area contributed by atoms with E-state index in [-0.39, 0.29) is 29.8 Å². The number of carbonyl (C=O) groups excluding carboxylic acids is 3. The van der Waals surface area contributed by atoms with Crippen molar-refractivity contribution < 1.29 is 23.5 Å². The van der Waals surface area contributed by atoms with E-state index in [0.717, 1.165) is 22.5 Å². The van der Waals surface area contributed by atoms with E-state index in [1.54, 1.807) is 56.8 Å². The van der Waals surface area contributed by atoms with Crippen LogP contribution in [0, 0.1) is 0 Å². The molecule has 180 valence electrons. The lowest BCUT2D eigenvalue weighted by molar-refractivity contribution is 0.0634. The third kappa shape index (κ3) is 5.61. The molecule has 0 atom stereocenters. The predicted octanol–water partition coefficient (Wildman–Crippen LogP) is 4.13. The molecule has 1 aliphatic rings. The Kier molecular flexibility index (Phi) is 6.70. The second-order valence-electron chi connectivity index (χ2n) is 9.17. The molecule has 4 rings (SSSR count). The molecule has 0 unspecified atom stereocenters. The van der Waals surface area contributed by atoms with Crippen LogP contribution in [-0.4, -0.2) is 62.4 Å². The van der Waals surface area contributed by atoms with Crippen LogP contribution < -0.4 is 5.32 Å². The Bertz CT molecular complexity index is 1230. The number of thioether (sulfide) groups is 1. The lowest BCUT2D eigenvalue weighted by Crippen LogP contribution is -2.37. The zero-order valence-electron chi connectivity index (χ0n) is 19.7. The number of rotatable bonds is 5. The quantitative estimate of drug-likeness (QED) is 0.543. The predicted molar refractivity (Wildman–Crippen MR) is 131 cm³/mol. The maximum Gasteiger partial charge on any atom is 0.413 e. The fraction of sp³-hybridized carbons (Fsp3) is 0.417. The van der Waals surface area contributed by atoms with E-state index >= 15 is 0 Å². The molecule has 1 N–H and O–H groups in total. The number of ketones is 1. The van der Waals surface area contributed by atoms with Crippen LogP contribution in [0.2, 0.25) is 0 Å². The van der Waals surface area contributed by atoms with E-state index in [9.17, 15) is 14.4 Å². The standard InChI is InChI=1S/C24H28N4O5S/c1-24(2,3)33-23(31)26-20-14-27(4)21(25-20)17(29)12-15-5-6-18-16(11-15)13-19(32-18)22(30)28-7-9-34-10-8-28/h5-6,11,13-14H,7-10,12H2,1-4H3,(H,26,31). The summed E-state index contributed by atoms with van der Waals surface area (Å²) in [6, 6.07) is 7.16. The monoisotopic (exact) mass is 484 g/mol. The van der Waals surface area contributed by atoms with Crippen molar-refractivity contribution >= 4 is 46.3 Å². The number of nitrogens with zero attached hydrogens (tertiary/aromatic N) is 3. The third-order valence-corrected chi connectivity index (χ3v) is 6.15. The van der Waals surface area contributed by atoms with Crippen molar-refractivity contribution in [1.82, 2.24) is 14.5 Å². The number of amides is 2. The smallest absolute Gasteiger partial charge is 0.413 e. The zero-order valence-corrected chi connectivity index (χ0v) is 20.5. The molecular formula is C24H28N4O5S. The van der Waals surface area contributed by atoms with Gasteiger partial charge in [0.2, 0.25) is 5.78 Å². The summed E-state index contributed by atoms with van der Waals surface area (Å²) in [6.45, 7) is 6.73. The first-order valence-corrected chi connectivity index (χ1v) is 12.2. The third-order valence-electron chi connectivity index (χ3n) is 5.21. The largest absolute Gasteiger partial charge is 0.451 e. The molecule has 9 nitrogen and oxygen atoms in total. The summed E-state index contributed by atoms with van der Waals surface area (Å²) in [5.74, 6) is 2.33. The maximum absolute atomic E-state index is 12.9. The van der Waals surface area contributed by atoms with Gasteiger partial charge in [0, 0.05) is 49.6 Å². The van der Waals surface area contributed by atoms with Crippen LogP contribution in [0.5, 0.6) is 0 Å². The van der Waals surface area contributed by atoms with Crippen molar-refractivity contribution in [2.24, 2.45) is 7.05 Å². The van der Waals surface area contributed by atoms with Crippen molar-refractivity contribution in [3.05, 3.63) is 47.6 Å². The molecule has 0 spiro atoms. The van der Waals surface area contributed by atoms with Gasteiger partial charge < -0.3 is 18.6 Å². The minimum Gasteiger partial charge on any atom is -0.451 e. The molecule has 0 radical (unpaired) electrons. The molecule has 0 aliphatic carbocycles. The summed E-state index contributed by atoms with van der Waals surface area (Å²) in [5, 5.41) is 3.32. The summed E-state index contributed by atoms with van der Waals surface area (Å²) in [6.07, 6.45) is 1.04. The number of anilines is 1. The van der Waals surface area contributed by atoms with Crippen molar-refractivity contribution in [1.29, 1.82) is 0 Å². The van der Waals surface area contributed by atoms with Gasteiger partial charge in [-0.25, -0.2) is 9.78 Å². The van der Waals surface area contributed by atoms with Crippen LogP contribution in [0.4, 0.5) is 10.6 Å². The molecular weight excluding hydrogens is 456 g/mol.